The van der Waals surface area contributed by atoms with E-state index in [1.54, 1.807) is 12.1 Å². The van der Waals surface area contributed by atoms with Gasteiger partial charge in [-0.3, -0.25) is 9.59 Å². The van der Waals surface area contributed by atoms with Crippen LogP contribution in [0.25, 0.3) is 0 Å². The quantitative estimate of drug-likeness (QED) is 0.486. The van der Waals surface area contributed by atoms with Gasteiger partial charge in [-0.05, 0) is 41.3 Å². The number of guanidine groups is 1. The van der Waals surface area contributed by atoms with Crippen LogP contribution in [-0.2, 0) is 24.4 Å². The van der Waals surface area contributed by atoms with Crippen molar-refractivity contribution in [2.75, 3.05) is 13.1 Å². The molecule has 0 spiro atoms. The van der Waals surface area contributed by atoms with Gasteiger partial charge in [0.2, 0.25) is 0 Å². The molecule has 0 aromatic heterocycles. The number of fused-ring (bicyclic) bond motifs is 1. The van der Waals surface area contributed by atoms with E-state index in [0.717, 1.165) is 16.7 Å². The molecule has 0 bridgehead atoms. The molecule has 2 aromatic rings. The molecule has 0 radical (unpaired) electrons. The van der Waals surface area contributed by atoms with E-state index in [-0.39, 0.29) is 18.4 Å². The van der Waals surface area contributed by atoms with E-state index >= 15 is 0 Å². The number of hydrogen-bond donors (Lipinski definition) is 3. The second-order valence-corrected chi connectivity index (χ2v) is 6.54. The number of amides is 1. The predicted molar refractivity (Wildman–Crippen MR) is 104 cm³/mol. The lowest BCUT2D eigenvalue weighted by Crippen LogP contribution is -2.40. The van der Waals surface area contributed by atoms with Crippen LogP contribution in [0.5, 0.6) is 5.75 Å². The molecule has 0 unspecified atom stereocenters. The molecule has 0 fully saturated rings. The first-order chi connectivity index (χ1) is 13.4. The number of rotatable bonds is 7. The van der Waals surface area contributed by atoms with Crippen LogP contribution in [-0.4, -0.2) is 40.9 Å². The monoisotopic (exact) mass is 382 g/mol. The minimum Gasteiger partial charge on any atom is -0.489 e. The van der Waals surface area contributed by atoms with E-state index in [1.807, 2.05) is 30.3 Å². The van der Waals surface area contributed by atoms with Crippen LogP contribution in [0.3, 0.4) is 0 Å². The van der Waals surface area contributed by atoms with E-state index in [1.165, 1.54) is 4.90 Å². The van der Waals surface area contributed by atoms with E-state index in [2.05, 4.69) is 4.99 Å². The maximum absolute atomic E-state index is 12.4. The maximum atomic E-state index is 12.4. The van der Waals surface area contributed by atoms with Crippen molar-refractivity contribution in [3.63, 3.8) is 0 Å². The van der Waals surface area contributed by atoms with Crippen LogP contribution in [0.4, 0.5) is 0 Å². The maximum Gasteiger partial charge on any atom is 0.323 e. The second kappa shape index (κ2) is 8.43. The van der Waals surface area contributed by atoms with Gasteiger partial charge in [0.15, 0.2) is 5.96 Å². The highest BCUT2D eigenvalue weighted by Gasteiger charge is 2.26. The lowest BCUT2D eigenvalue weighted by Gasteiger charge is -2.27. The molecule has 5 N–H and O–H groups in total. The highest BCUT2D eigenvalue weighted by Crippen LogP contribution is 2.24. The van der Waals surface area contributed by atoms with Crippen LogP contribution in [0.15, 0.2) is 47.5 Å². The summed E-state index contributed by atoms with van der Waals surface area (Å²) in [5, 5.41) is 8.90. The molecule has 0 saturated heterocycles. The molecule has 3 rings (SSSR count). The topological polar surface area (TPSA) is 131 Å². The largest absolute Gasteiger partial charge is 0.489 e. The predicted octanol–water partition coefficient (Wildman–Crippen LogP) is 1.12. The summed E-state index contributed by atoms with van der Waals surface area (Å²) in [7, 11) is 0. The normalized spacial score (nSPS) is 13.0. The van der Waals surface area contributed by atoms with Crippen molar-refractivity contribution < 1.29 is 19.4 Å². The van der Waals surface area contributed by atoms with Gasteiger partial charge in [-0.1, -0.05) is 24.3 Å². The Labute approximate surface area is 162 Å². The summed E-state index contributed by atoms with van der Waals surface area (Å²) in [4.78, 5) is 28.6. The third-order valence-corrected chi connectivity index (χ3v) is 4.41. The fourth-order valence-electron chi connectivity index (χ4n) is 3.08. The molecular weight excluding hydrogens is 360 g/mol. The fourth-order valence-corrected chi connectivity index (χ4v) is 3.08. The van der Waals surface area contributed by atoms with Gasteiger partial charge in [0.1, 0.15) is 18.9 Å². The number of aliphatic carboxylic acids is 1. The lowest BCUT2D eigenvalue weighted by atomic mass is 9.98. The summed E-state index contributed by atoms with van der Waals surface area (Å²) in [6.07, 6.45) is 0.597. The number of nitrogens with two attached hydrogens (primary N) is 2. The summed E-state index contributed by atoms with van der Waals surface area (Å²) < 4.78 is 5.86. The zero-order chi connectivity index (χ0) is 20.1. The van der Waals surface area contributed by atoms with E-state index in [0.29, 0.717) is 37.4 Å². The van der Waals surface area contributed by atoms with Gasteiger partial charge in [-0.2, -0.15) is 0 Å². The molecule has 0 saturated carbocycles. The van der Waals surface area contributed by atoms with Crippen LogP contribution >= 0.6 is 0 Å². The van der Waals surface area contributed by atoms with Crippen molar-refractivity contribution in [3.05, 3.63) is 64.7 Å². The van der Waals surface area contributed by atoms with Crippen molar-refractivity contribution in [1.82, 2.24) is 4.90 Å². The molecule has 146 valence electrons. The number of carboxylic acids is 1. The standard InChI is InChI=1S/C20H22N4O4/c21-20(22)23-10-13-2-1-3-14(8-13)12-28-16-4-5-17-15(9-16)6-7-24(19(17)27)11-18(25)26/h1-5,8-9H,6-7,10-12H2,(H,25,26)(H4,21,22,23). The number of benzene rings is 2. The minimum absolute atomic E-state index is 0.0483. The van der Waals surface area contributed by atoms with Crippen molar-refractivity contribution in [2.45, 2.75) is 19.6 Å². The highest BCUT2D eigenvalue weighted by atomic mass is 16.5. The summed E-state index contributed by atoms with van der Waals surface area (Å²) in [5.74, 6) is -0.568. The Bertz CT molecular complexity index is 922. The zero-order valence-electron chi connectivity index (χ0n) is 15.3. The number of carbonyl (C=O) groups excluding carboxylic acids is 1. The summed E-state index contributed by atoms with van der Waals surface area (Å²) >= 11 is 0. The summed E-state index contributed by atoms with van der Waals surface area (Å²) in [6, 6.07) is 13.0. The Kier molecular flexibility index (Phi) is 5.78. The molecular formula is C20H22N4O4. The number of ether oxygens (including phenoxy) is 1. The molecule has 8 heteroatoms. The Balaban J connectivity index is 1.65. The van der Waals surface area contributed by atoms with Gasteiger partial charge < -0.3 is 26.2 Å². The lowest BCUT2D eigenvalue weighted by molar-refractivity contribution is -0.137. The molecule has 1 aliphatic rings. The first-order valence-corrected chi connectivity index (χ1v) is 8.82. The minimum atomic E-state index is -1.01. The van der Waals surface area contributed by atoms with Crippen molar-refractivity contribution >= 4 is 17.8 Å². The molecule has 0 aliphatic carbocycles. The van der Waals surface area contributed by atoms with E-state index in [4.69, 9.17) is 21.3 Å². The molecule has 28 heavy (non-hydrogen) atoms. The first-order valence-electron chi connectivity index (χ1n) is 8.82. The smallest absolute Gasteiger partial charge is 0.323 e. The molecule has 8 nitrogen and oxygen atoms in total. The Hall–Kier alpha value is -3.55. The Morgan fingerprint density at radius 2 is 1.96 bits per heavy atom. The number of carbonyl (C=O) groups is 2. The summed E-state index contributed by atoms with van der Waals surface area (Å²) in [6.45, 7) is 0.874. The number of aliphatic imine (C=N–C) groups is 1. The molecule has 1 heterocycles. The van der Waals surface area contributed by atoms with Crippen molar-refractivity contribution in [2.24, 2.45) is 16.5 Å². The van der Waals surface area contributed by atoms with Gasteiger partial charge in [-0.25, -0.2) is 4.99 Å². The SMILES string of the molecule is NC(N)=NCc1cccc(COc2ccc3c(c2)CCN(CC(=O)O)C3=O)c1. The van der Waals surface area contributed by atoms with Crippen molar-refractivity contribution in [3.8, 4) is 5.75 Å². The fraction of sp³-hybridized carbons (Fsp3) is 0.250. The van der Waals surface area contributed by atoms with Crippen LogP contribution < -0.4 is 16.2 Å². The third-order valence-electron chi connectivity index (χ3n) is 4.41. The number of hydrogen-bond acceptors (Lipinski definition) is 4. The molecule has 2 aromatic carbocycles. The van der Waals surface area contributed by atoms with Gasteiger partial charge in [0, 0.05) is 12.1 Å². The average Bonchev–Trinajstić information content (AvgIpc) is 2.67. The van der Waals surface area contributed by atoms with Crippen molar-refractivity contribution in [1.29, 1.82) is 0 Å². The Morgan fingerprint density at radius 3 is 2.71 bits per heavy atom. The number of nitrogens with zero attached hydrogens (tertiary/aromatic N) is 2. The molecule has 1 amide bonds. The van der Waals surface area contributed by atoms with E-state index in [9.17, 15) is 9.59 Å². The van der Waals surface area contributed by atoms with Gasteiger partial charge >= 0.3 is 5.97 Å². The van der Waals surface area contributed by atoms with Crippen LogP contribution in [0.2, 0.25) is 0 Å². The molecule has 1 aliphatic heterocycles. The Morgan fingerprint density at radius 1 is 1.18 bits per heavy atom. The molecule has 0 atom stereocenters. The van der Waals surface area contributed by atoms with Gasteiger partial charge in [0.25, 0.3) is 5.91 Å². The summed E-state index contributed by atoms with van der Waals surface area (Å²) in [5.41, 5.74) is 14.1. The second-order valence-electron chi connectivity index (χ2n) is 6.54. The van der Waals surface area contributed by atoms with Gasteiger partial charge in [-0.15, -0.1) is 0 Å². The van der Waals surface area contributed by atoms with Crippen LogP contribution in [0.1, 0.15) is 27.0 Å². The highest BCUT2D eigenvalue weighted by molar-refractivity contribution is 5.98. The number of carboxylic acid groups (broad SMARTS) is 1. The van der Waals surface area contributed by atoms with E-state index < -0.39 is 5.97 Å². The zero-order valence-corrected chi connectivity index (χ0v) is 15.3. The van der Waals surface area contributed by atoms with Crippen LogP contribution in [0, 0.1) is 0 Å². The third kappa shape index (κ3) is 4.79. The first kappa shape index (κ1) is 19.2. The average molecular weight is 382 g/mol. The van der Waals surface area contributed by atoms with Gasteiger partial charge in [0.05, 0.1) is 6.54 Å².